The van der Waals surface area contributed by atoms with Crippen molar-refractivity contribution in [2.24, 2.45) is 0 Å². The minimum Gasteiger partial charge on any atom is -0.265 e. The van der Waals surface area contributed by atoms with Gasteiger partial charge in [-0.25, -0.2) is 4.98 Å². The molecule has 0 saturated carbocycles. The summed E-state index contributed by atoms with van der Waals surface area (Å²) in [6, 6.07) is 3.69. The van der Waals surface area contributed by atoms with Gasteiger partial charge in [-0.15, -0.1) is 10.2 Å². The van der Waals surface area contributed by atoms with E-state index >= 15 is 0 Å². The number of pyridine rings is 1. The van der Waals surface area contributed by atoms with E-state index in [2.05, 4.69) is 20.2 Å². The van der Waals surface area contributed by atoms with Crippen molar-refractivity contribution in [3.8, 4) is 0 Å². The Balaban J connectivity index is 2.28. The minimum atomic E-state index is 0.0796. The molecule has 0 spiro atoms. The highest BCUT2D eigenvalue weighted by Crippen LogP contribution is 2.29. The molecular formula is C8H4Cl2N4S. The van der Waals surface area contributed by atoms with Gasteiger partial charge in [-0.3, -0.25) is 4.98 Å². The summed E-state index contributed by atoms with van der Waals surface area (Å²) in [4.78, 5) is 8.84. The number of nitrogens with zero attached hydrogens (tertiary/aromatic N) is 4. The summed E-state index contributed by atoms with van der Waals surface area (Å²) in [5.41, 5.74) is 0. The Morgan fingerprint density at radius 3 is 2.53 bits per heavy atom. The van der Waals surface area contributed by atoms with Gasteiger partial charge in [-0.1, -0.05) is 23.4 Å². The monoisotopic (exact) mass is 258 g/mol. The predicted molar refractivity (Wildman–Crippen MR) is 58.2 cm³/mol. The normalized spacial score (nSPS) is 10.3. The zero-order valence-electron chi connectivity index (χ0n) is 7.26. The average Bonchev–Trinajstić information content (AvgIpc) is 2.25. The molecule has 76 valence electrons. The van der Waals surface area contributed by atoms with Gasteiger partial charge in [0.25, 0.3) is 0 Å². The molecule has 0 N–H and O–H groups in total. The lowest BCUT2D eigenvalue weighted by Gasteiger charge is -2.00. The molecule has 2 aromatic rings. The summed E-state index contributed by atoms with van der Waals surface area (Å²) in [5, 5.41) is 8.03. The molecule has 2 aromatic heterocycles. The lowest BCUT2D eigenvalue weighted by atomic mass is 10.5. The van der Waals surface area contributed by atoms with E-state index in [4.69, 9.17) is 23.2 Å². The zero-order chi connectivity index (χ0) is 10.7. The first-order chi connectivity index (χ1) is 7.25. The van der Waals surface area contributed by atoms with E-state index < -0.39 is 0 Å². The Kier molecular flexibility index (Phi) is 3.35. The van der Waals surface area contributed by atoms with Crippen LogP contribution in [0.2, 0.25) is 10.4 Å². The van der Waals surface area contributed by atoms with Crippen LogP contribution in [0.4, 0.5) is 0 Å². The van der Waals surface area contributed by atoms with E-state index in [0.717, 1.165) is 4.90 Å². The minimum absolute atomic E-state index is 0.0796. The fourth-order valence-electron chi connectivity index (χ4n) is 0.863. The van der Waals surface area contributed by atoms with Gasteiger partial charge in [0, 0.05) is 17.3 Å². The van der Waals surface area contributed by atoms with Gasteiger partial charge in [-0.2, -0.15) is 0 Å². The van der Waals surface area contributed by atoms with E-state index in [-0.39, 0.29) is 10.4 Å². The summed E-state index contributed by atoms with van der Waals surface area (Å²) < 4.78 is 0. The molecule has 15 heavy (non-hydrogen) atoms. The number of rotatable bonds is 2. The first-order valence-corrected chi connectivity index (χ1v) is 5.46. The maximum Gasteiger partial charge on any atom is 0.244 e. The molecule has 0 bridgehead atoms. The molecule has 0 fully saturated rings. The van der Waals surface area contributed by atoms with Gasteiger partial charge in [0.1, 0.15) is 5.03 Å². The Labute approximate surface area is 100 Å². The summed E-state index contributed by atoms with van der Waals surface area (Å²) in [7, 11) is 0. The van der Waals surface area contributed by atoms with Crippen LogP contribution in [-0.4, -0.2) is 20.2 Å². The van der Waals surface area contributed by atoms with Crippen molar-refractivity contribution in [2.75, 3.05) is 0 Å². The van der Waals surface area contributed by atoms with Crippen molar-refractivity contribution in [1.29, 1.82) is 0 Å². The smallest absolute Gasteiger partial charge is 0.244 e. The van der Waals surface area contributed by atoms with E-state index in [0.29, 0.717) is 5.03 Å². The molecule has 0 aliphatic heterocycles. The summed E-state index contributed by atoms with van der Waals surface area (Å²) in [6.07, 6.45) is 3.37. The van der Waals surface area contributed by atoms with Crippen molar-refractivity contribution in [1.82, 2.24) is 20.2 Å². The molecule has 4 nitrogen and oxygen atoms in total. The lowest BCUT2D eigenvalue weighted by molar-refractivity contribution is 0.904. The average molecular weight is 259 g/mol. The second-order valence-electron chi connectivity index (χ2n) is 2.46. The molecule has 7 heteroatoms. The summed E-state index contributed by atoms with van der Waals surface area (Å²) in [5.74, 6) is 0. The Hall–Kier alpha value is -0.910. The van der Waals surface area contributed by atoms with Gasteiger partial charge in [-0.05, 0) is 23.7 Å². The zero-order valence-corrected chi connectivity index (χ0v) is 9.59. The third-order valence-corrected chi connectivity index (χ3v) is 2.97. The molecule has 0 aliphatic rings. The molecule has 0 atom stereocenters. The quantitative estimate of drug-likeness (QED) is 0.829. The Morgan fingerprint density at radius 1 is 1.07 bits per heavy atom. The van der Waals surface area contributed by atoms with Crippen LogP contribution in [0.15, 0.2) is 34.4 Å². The number of hydrogen-bond acceptors (Lipinski definition) is 5. The highest BCUT2D eigenvalue weighted by molar-refractivity contribution is 7.99. The third kappa shape index (κ3) is 2.77. The summed E-state index contributed by atoms with van der Waals surface area (Å²) >= 11 is 12.8. The van der Waals surface area contributed by atoms with Crippen LogP contribution in [0.3, 0.4) is 0 Å². The molecule has 0 radical (unpaired) electrons. The van der Waals surface area contributed by atoms with Gasteiger partial charge >= 0.3 is 0 Å². The summed E-state index contributed by atoms with van der Waals surface area (Å²) in [6.45, 7) is 0. The second kappa shape index (κ2) is 4.74. The van der Waals surface area contributed by atoms with E-state index in [1.165, 1.54) is 11.8 Å². The molecule has 0 aliphatic carbocycles. The van der Waals surface area contributed by atoms with Crippen molar-refractivity contribution >= 4 is 35.0 Å². The third-order valence-electron chi connectivity index (χ3n) is 1.45. The van der Waals surface area contributed by atoms with Crippen LogP contribution in [0.5, 0.6) is 0 Å². The predicted octanol–water partition coefficient (Wildman–Crippen LogP) is 2.72. The van der Waals surface area contributed by atoms with Crippen LogP contribution in [0, 0.1) is 0 Å². The molecule has 2 heterocycles. The number of hydrogen-bond donors (Lipinski definition) is 0. The maximum absolute atomic E-state index is 5.81. The maximum atomic E-state index is 5.81. The van der Waals surface area contributed by atoms with Crippen LogP contribution < -0.4 is 0 Å². The molecule has 0 aromatic carbocycles. The molecule has 0 saturated heterocycles. The SMILES string of the molecule is Clc1nnc(Cl)c(Sc2ccncc2)n1. The van der Waals surface area contributed by atoms with Gasteiger partial charge in [0.15, 0.2) is 5.15 Å². The van der Waals surface area contributed by atoms with Gasteiger partial charge in [0.2, 0.25) is 5.28 Å². The Bertz CT molecular complexity index is 465. The number of halogens is 2. The van der Waals surface area contributed by atoms with Crippen molar-refractivity contribution < 1.29 is 0 Å². The Morgan fingerprint density at radius 2 is 1.80 bits per heavy atom. The van der Waals surface area contributed by atoms with E-state index in [1.807, 2.05) is 12.1 Å². The van der Waals surface area contributed by atoms with Crippen molar-refractivity contribution in [3.63, 3.8) is 0 Å². The molecular weight excluding hydrogens is 255 g/mol. The molecule has 0 amide bonds. The molecule has 2 rings (SSSR count). The lowest BCUT2D eigenvalue weighted by Crippen LogP contribution is -1.91. The van der Waals surface area contributed by atoms with Crippen LogP contribution in [0.25, 0.3) is 0 Å². The van der Waals surface area contributed by atoms with Crippen LogP contribution in [-0.2, 0) is 0 Å². The molecule has 0 unspecified atom stereocenters. The van der Waals surface area contributed by atoms with E-state index in [1.54, 1.807) is 12.4 Å². The second-order valence-corrected chi connectivity index (χ2v) is 4.22. The fraction of sp³-hybridized carbons (Fsp3) is 0. The van der Waals surface area contributed by atoms with Gasteiger partial charge in [0.05, 0.1) is 0 Å². The largest absolute Gasteiger partial charge is 0.265 e. The van der Waals surface area contributed by atoms with E-state index in [9.17, 15) is 0 Å². The standard InChI is InChI=1S/C8H4Cl2N4S/c9-6-7(12-8(10)14-13-6)15-5-1-3-11-4-2-5/h1-4H. The van der Waals surface area contributed by atoms with Crippen LogP contribution >= 0.6 is 35.0 Å². The first kappa shape index (κ1) is 10.6. The fourth-order valence-corrected chi connectivity index (χ4v) is 1.97. The topological polar surface area (TPSA) is 51.6 Å². The van der Waals surface area contributed by atoms with Gasteiger partial charge < -0.3 is 0 Å². The van der Waals surface area contributed by atoms with Crippen molar-refractivity contribution in [2.45, 2.75) is 9.92 Å². The first-order valence-electron chi connectivity index (χ1n) is 3.89. The van der Waals surface area contributed by atoms with Crippen LogP contribution in [0.1, 0.15) is 0 Å². The highest BCUT2D eigenvalue weighted by Gasteiger charge is 2.07. The highest BCUT2D eigenvalue weighted by atomic mass is 35.5. The number of aromatic nitrogens is 4. The van der Waals surface area contributed by atoms with Crippen molar-refractivity contribution in [3.05, 3.63) is 35.0 Å².